The minimum atomic E-state index is -0.223. The molecule has 2 fully saturated rings. The summed E-state index contributed by atoms with van der Waals surface area (Å²) in [6.07, 6.45) is 7.44. The van der Waals surface area contributed by atoms with Crippen LogP contribution >= 0.6 is 0 Å². The quantitative estimate of drug-likeness (QED) is 0.695. The lowest BCUT2D eigenvalue weighted by Gasteiger charge is -2.52. The van der Waals surface area contributed by atoms with E-state index in [-0.39, 0.29) is 10.8 Å². The van der Waals surface area contributed by atoms with Gasteiger partial charge >= 0.3 is 0 Å². The Morgan fingerprint density at radius 2 is 2.19 bits per heavy atom. The molecule has 0 bridgehead atoms. The molecule has 2 aliphatic rings. The lowest BCUT2D eigenvalue weighted by molar-refractivity contribution is -0.153. The average Bonchev–Trinajstić information content (AvgIpc) is 2.53. The number of Topliss-reactive ketones (excluding diaryl/α,β-unsaturated/α-hetero) is 1. The summed E-state index contributed by atoms with van der Waals surface area (Å²) in [7, 11) is 0. The van der Waals surface area contributed by atoms with E-state index in [4.69, 9.17) is 0 Å². The molecule has 1 N–H and O–H groups in total. The van der Waals surface area contributed by atoms with Crippen molar-refractivity contribution in [2.45, 2.75) is 45.4 Å². The first-order chi connectivity index (χ1) is 7.71. The van der Waals surface area contributed by atoms with Gasteiger partial charge in [0, 0.05) is 36.8 Å². The van der Waals surface area contributed by atoms with Crippen LogP contribution < -0.4 is 5.32 Å². The number of carbonyl (C=O) groups excluding carboxylic acids is 2. The highest BCUT2D eigenvalue weighted by atomic mass is 16.1. The third-order valence-corrected chi connectivity index (χ3v) is 4.56. The Balaban J connectivity index is 2.08. The fraction of sp³-hybridized carbons (Fsp3) is 0.846. The molecule has 1 aliphatic heterocycles. The summed E-state index contributed by atoms with van der Waals surface area (Å²) in [6, 6.07) is 0. The number of nitrogens with one attached hydrogen (secondary N) is 1. The van der Waals surface area contributed by atoms with Gasteiger partial charge in [-0.05, 0) is 6.42 Å². The highest BCUT2D eigenvalue weighted by molar-refractivity contribution is 5.95. The molecule has 0 spiro atoms. The maximum atomic E-state index is 11.9. The van der Waals surface area contributed by atoms with E-state index in [0.29, 0.717) is 18.6 Å². The molecule has 16 heavy (non-hydrogen) atoms. The number of hydrogen-bond donors (Lipinski definition) is 1. The van der Waals surface area contributed by atoms with Crippen molar-refractivity contribution in [3.05, 3.63) is 0 Å². The summed E-state index contributed by atoms with van der Waals surface area (Å²) < 4.78 is 0. The van der Waals surface area contributed by atoms with Gasteiger partial charge < -0.3 is 5.32 Å². The van der Waals surface area contributed by atoms with Crippen LogP contribution in [0.25, 0.3) is 0 Å². The molecule has 1 saturated carbocycles. The number of fused-ring (bicyclic) bond motifs is 1. The van der Waals surface area contributed by atoms with Gasteiger partial charge in [-0.1, -0.05) is 26.2 Å². The van der Waals surface area contributed by atoms with Gasteiger partial charge in [0.1, 0.15) is 5.78 Å². The van der Waals surface area contributed by atoms with E-state index in [2.05, 4.69) is 12.2 Å². The van der Waals surface area contributed by atoms with E-state index in [9.17, 15) is 9.59 Å². The predicted molar refractivity (Wildman–Crippen MR) is 61.8 cm³/mol. The average molecular weight is 222 g/mol. The van der Waals surface area contributed by atoms with Crippen LogP contribution in [-0.4, -0.2) is 25.2 Å². The van der Waals surface area contributed by atoms with Crippen molar-refractivity contribution >= 4 is 12.1 Å². The Bertz CT molecular complexity index is 298. The Morgan fingerprint density at radius 1 is 1.38 bits per heavy atom. The lowest BCUT2D eigenvalue weighted by atomic mass is 9.47. The Kier molecular flexibility index (Phi) is 3.15. The standard InChI is InChI=1S/C13H20NO2/c1-2-3-4-5-13-10-14-9-12(13,6-7-15)8-11(13)16/h14H,2-6,8-10H2,1H3. The minimum absolute atomic E-state index is 0.0838. The van der Waals surface area contributed by atoms with Gasteiger partial charge in [-0.3, -0.25) is 9.59 Å². The summed E-state index contributed by atoms with van der Waals surface area (Å²) >= 11 is 0. The van der Waals surface area contributed by atoms with Gasteiger partial charge in [-0.15, -0.1) is 0 Å². The van der Waals surface area contributed by atoms with Gasteiger partial charge in [0.2, 0.25) is 0 Å². The number of rotatable bonds is 6. The monoisotopic (exact) mass is 222 g/mol. The topological polar surface area (TPSA) is 46.2 Å². The second-order valence-electron chi connectivity index (χ2n) is 5.34. The van der Waals surface area contributed by atoms with Crippen molar-refractivity contribution in [2.24, 2.45) is 10.8 Å². The van der Waals surface area contributed by atoms with Crippen molar-refractivity contribution in [2.75, 3.05) is 13.1 Å². The first-order valence-electron chi connectivity index (χ1n) is 6.30. The van der Waals surface area contributed by atoms with Crippen LogP contribution in [0.3, 0.4) is 0 Å². The summed E-state index contributed by atoms with van der Waals surface area (Å²) in [4.78, 5) is 22.6. The first-order valence-corrected chi connectivity index (χ1v) is 6.30. The van der Waals surface area contributed by atoms with Crippen molar-refractivity contribution in [1.82, 2.24) is 5.32 Å². The molecule has 1 aliphatic carbocycles. The maximum absolute atomic E-state index is 11.9. The molecule has 0 aromatic rings. The fourth-order valence-corrected chi connectivity index (χ4v) is 3.47. The van der Waals surface area contributed by atoms with Crippen molar-refractivity contribution in [1.29, 1.82) is 0 Å². The van der Waals surface area contributed by atoms with Crippen LogP contribution in [0, 0.1) is 10.8 Å². The zero-order valence-corrected chi connectivity index (χ0v) is 9.97. The Hall–Kier alpha value is -0.700. The minimum Gasteiger partial charge on any atom is -0.315 e. The molecule has 3 heteroatoms. The molecular weight excluding hydrogens is 202 g/mol. The van der Waals surface area contributed by atoms with Gasteiger partial charge in [-0.2, -0.15) is 0 Å². The lowest BCUT2D eigenvalue weighted by Crippen LogP contribution is -2.58. The van der Waals surface area contributed by atoms with Crippen molar-refractivity contribution in [3.8, 4) is 0 Å². The van der Waals surface area contributed by atoms with Crippen LogP contribution in [0.1, 0.15) is 45.4 Å². The van der Waals surface area contributed by atoms with Crippen molar-refractivity contribution < 1.29 is 9.59 Å². The summed E-state index contributed by atoms with van der Waals surface area (Å²) in [5.41, 5.74) is -0.306. The molecule has 89 valence electrons. The molecule has 0 aromatic heterocycles. The zero-order valence-electron chi connectivity index (χ0n) is 9.97. The maximum Gasteiger partial charge on any atom is 0.199 e. The van der Waals surface area contributed by atoms with E-state index < -0.39 is 0 Å². The van der Waals surface area contributed by atoms with Gasteiger partial charge in [0.15, 0.2) is 6.29 Å². The molecule has 1 heterocycles. The molecule has 0 aromatic carbocycles. The van der Waals surface area contributed by atoms with Gasteiger partial charge in [0.05, 0.1) is 0 Å². The predicted octanol–water partition coefficient (Wildman–Crippen LogP) is 1.62. The highest BCUT2D eigenvalue weighted by Gasteiger charge is 2.66. The van der Waals surface area contributed by atoms with Crippen LogP contribution in [0.5, 0.6) is 0 Å². The molecular formula is C13H20NO2. The molecule has 2 rings (SSSR count). The molecule has 1 saturated heterocycles. The van der Waals surface area contributed by atoms with Crippen LogP contribution in [0.2, 0.25) is 0 Å². The summed E-state index contributed by atoms with van der Waals surface area (Å²) in [6.45, 7) is 3.76. The number of carbonyl (C=O) groups is 1. The normalized spacial score (nSPS) is 36.9. The third-order valence-electron chi connectivity index (χ3n) is 4.56. The smallest absolute Gasteiger partial charge is 0.199 e. The van der Waals surface area contributed by atoms with E-state index in [1.807, 2.05) is 6.29 Å². The largest absolute Gasteiger partial charge is 0.315 e. The Morgan fingerprint density at radius 3 is 2.81 bits per heavy atom. The van der Waals surface area contributed by atoms with E-state index in [1.54, 1.807) is 0 Å². The number of unbranched alkanes of at least 4 members (excludes halogenated alkanes) is 2. The SMILES string of the molecule is CCCCCC12CNCC1(C[C]=O)CC2=O. The number of ketones is 1. The van der Waals surface area contributed by atoms with E-state index in [1.165, 1.54) is 12.8 Å². The Labute approximate surface area is 97.0 Å². The van der Waals surface area contributed by atoms with Crippen LogP contribution in [0.15, 0.2) is 0 Å². The van der Waals surface area contributed by atoms with Crippen LogP contribution in [-0.2, 0) is 9.59 Å². The fourth-order valence-electron chi connectivity index (χ4n) is 3.47. The van der Waals surface area contributed by atoms with E-state index >= 15 is 0 Å². The molecule has 1 radical (unpaired) electrons. The molecule has 3 nitrogen and oxygen atoms in total. The second kappa shape index (κ2) is 4.28. The molecule has 0 amide bonds. The molecule has 2 atom stereocenters. The van der Waals surface area contributed by atoms with Gasteiger partial charge in [-0.25, -0.2) is 0 Å². The van der Waals surface area contributed by atoms with Crippen molar-refractivity contribution in [3.63, 3.8) is 0 Å². The summed E-state index contributed by atoms with van der Waals surface area (Å²) in [5, 5.41) is 3.31. The molecule has 2 unspecified atom stereocenters. The van der Waals surface area contributed by atoms with E-state index in [0.717, 1.165) is 25.9 Å². The number of hydrogen-bond acceptors (Lipinski definition) is 3. The van der Waals surface area contributed by atoms with Gasteiger partial charge in [0.25, 0.3) is 0 Å². The van der Waals surface area contributed by atoms with Crippen LogP contribution in [0.4, 0.5) is 0 Å². The third kappa shape index (κ3) is 1.45. The second-order valence-corrected chi connectivity index (χ2v) is 5.34. The first kappa shape index (κ1) is 11.8. The highest BCUT2D eigenvalue weighted by Crippen LogP contribution is 2.60. The zero-order chi connectivity index (χ0) is 11.6. The summed E-state index contributed by atoms with van der Waals surface area (Å²) in [5.74, 6) is 0.365.